The van der Waals surface area contributed by atoms with Crippen LogP contribution in [0.15, 0.2) is 29.8 Å². The summed E-state index contributed by atoms with van der Waals surface area (Å²) in [6, 6.07) is 4.79. The Balaban J connectivity index is 1.63. The zero-order valence-electron chi connectivity index (χ0n) is 16.0. The Morgan fingerprint density at radius 2 is 1.50 bits per heavy atom. The molecule has 2 aliphatic rings. The first kappa shape index (κ1) is 19.2. The number of aryl methyl sites for hydroxylation is 1. The summed E-state index contributed by atoms with van der Waals surface area (Å²) in [7, 11) is 0. The number of benzene rings is 2. The van der Waals surface area contributed by atoms with Crippen LogP contribution in [0.1, 0.15) is 56.6 Å². The van der Waals surface area contributed by atoms with Gasteiger partial charge in [0.05, 0.1) is 0 Å². The highest BCUT2D eigenvalue weighted by Crippen LogP contribution is 2.40. The fourth-order valence-corrected chi connectivity index (χ4v) is 4.73. The van der Waals surface area contributed by atoms with Crippen LogP contribution >= 0.6 is 0 Å². The van der Waals surface area contributed by atoms with Crippen LogP contribution in [-0.4, -0.2) is 0 Å². The minimum atomic E-state index is -1.53. The highest BCUT2D eigenvalue weighted by Gasteiger charge is 2.25. The van der Waals surface area contributed by atoms with Crippen LogP contribution in [0.2, 0.25) is 0 Å². The molecule has 2 aromatic carbocycles. The molecule has 0 atom stereocenters. The van der Waals surface area contributed by atoms with Gasteiger partial charge in [-0.1, -0.05) is 25.0 Å². The third kappa shape index (κ3) is 3.61. The molecule has 1 saturated carbocycles. The van der Waals surface area contributed by atoms with Gasteiger partial charge >= 0.3 is 0 Å². The zero-order valence-corrected chi connectivity index (χ0v) is 16.0. The molecule has 0 aromatic heterocycles. The van der Waals surface area contributed by atoms with Crippen molar-refractivity contribution in [3.05, 3.63) is 64.2 Å². The van der Waals surface area contributed by atoms with E-state index in [1.54, 1.807) is 6.07 Å². The first-order valence-corrected chi connectivity index (χ1v) is 10.1. The standard InChI is InChI=1S/C24H24F4/c1-2-14-3-5-15(6-4-14)16-7-8-17-10-20(21(25)11-18(17)9-16)19-12-22(26)24(28)23(27)13-19/h9-15H,2-8H2,1H3. The number of allylic oxidation sites excluding steroid dienone is 1. The van der Waals surface area contributed by atoms with E-state index < -0.39 is 23.3 Å². The fourth-order valence-electron chi connectivity index (χ4n) is 4.73. The van der Waals surface area contributed by atoms with Gasteiger partial charge in [0.15, 0.2) is 17.5 Å². The Labute approximate surface area is 163 Å². The molecule has 0 saturated heterocycles. The maximum absolute atomic E-state index is 14.7. The molecule has 148 valence electrons. The maximum atomic E-state index is 14.7. The lowest BCUT2D eigenvalue weighted by Gasteiger charge is -2.31. The second kappa shape index (κ2) is 7.73. The molecule has 0 nitrogen and oxygen atoms in total. The Bertz CT molecular complexity index is 897. The lowest BCUT2D eigenvalue weighted by molar-refractivity contribution is 0.292. The fraction of sp³-hybridized carbons (Fsp3) is 0.417. The summed E-state index contributed by atoms with van der Waals surface area (Å²) in [6.07, 6.45) is 10.0. The van der Waals surface area contributed by atoms with E-state index in [0.29, 0.717) is 5.92 Å². The second-order valence-corrected chi connectivity index (χ2v) is 8.13. The first-order valence-electron chi connectivity index (χ1n) is 10.1. The van der Waals surface area contributed by atoms with Crippen molar-refractivity contribution in [2.75, 3.05) is 0 Å². The number of hydrogen-bond acceptors (Lipinski definition) is 0. The van der Waals surface area contributed by atoms with Crippen LogP contribution in [0.4, 0.5) is 17.6 Å². The predicted octanol–water partition coefficient (Wildman–Crippen LogP) is 7.46. The molecule has 0 radical (unpaired) electrons. The van der Waals surface area contributed by atoms with E-state index in [1.807, 2.05) is 0 Å². The lowest BCUT2D eigenvalue weighted by Crippen LogP contribution is -2.17. The van der Waals surface area contributed by atoms with Crippen LogP contribution in [0.25, 0.3) is 17.2 Å². The van der Waals surface area contributed by atoms with E-state index in [-0.39, 0.29) is 11.1 Å². The molecule has 0 aliphatic heterocycles. The average molecular weight is 388 g/mol. The normalized spacial score (nSPS) is 22.0. The molecular weight excluding hydrogens is 364 g/mol. The Morgan fingerprint density at radius 3 is 2.14 bits per heavy atom. The number of fused-ring (bicyclic) bond motifs is 1. The van der Waals surface area contributed by atoms with Gasteiger partial charge in [-0.05, 0) is 91.3 Å². The minimum absolute atomic E-state index is 0.0179. The van der Waals surface area contributed by atoms with Crippen molar-refractivity contribution in [1.82, 2.24) is 0 Å². The van der Waals surface area contributed by atoms with E-state index >= 15 is 0 Å². The van der Waals surface area contributed by atoms with E-state index in [0.717, 1.165) is 42.0 Å². The van der Waals surface area contributed by atoms with Crippen molar-refractivity contribution >= 4 is 6.08 Å². The molecule has 4 rings (SSSR count). The van der Waals surface area contributed by atoms with Gasteiger partial charge < -0.3 is 0 Å². The first-order chi connectivity index (χ1) is 13.5. The molecule has 0 spiro atoms. The van der Waals surface area contributed by atoms with Crippen LogP contribution < -0.4 is 0 Å². The molecule has 2 aliphatic carbocycles. The highest BCUT2D eigenvalue weighted by atomic mass is 19.2. The Kier molecular flexibility index (Phi) is 5.31. The van der Waals surface area contributed by atoms with Gasteiger partial charge in [0.1, 0.15) is 5.82 Å². The smallest absolute Gasteiger partial charge is 0.194 e. The largest absolute Gasteiger partial charge is 0.206 e. The molecule has 2 aromatic rings. The van der Waals surface area contributed by atoms with Crippen molar-refractivity contribution in [3.63, 3.8) is 0 Å². The molecule has 0 unspecified atom stereocenters. The van der Waals surface area contributed by atoms with Crippen molar-refractivity contribution in [1.29, 1.82) is 0 Å². The molecule has 1 fully saturated rings. The van der Waals surface area contributed by atoms with Crippen LogP contribution in [-0.2, 0) is 6.42 Å². The minimum Gasteiger partial charge on any atom is -0.206 e. The summed E-state index contributed by atoms with van der Waals surface area (Å²) in [6.45, 7) is 2.25. The van der Waals surface area contributed by atoms with Gasteiger partial charge in [0, 0.05) is 5.56 Å². The van der Waals surface area contributed by atoms with E-state index in [1.165, 1.54) is 43.7 Å². The third-order valence-electron chi connectivity index (χ3n) is 6.50. The van der Waals surface area contributed by atoms with Crippen molar-refractivity contribution in [3.8, 4) is 11.1 Å². The maximum Gasteiger partial charge on any atom is 0.194 e. The summed E-state index contributed by atoms with van der Waals surface area (Å²) in [5, 5.41) is 0. The number of rotatable bonds is 3. The topological polar surface area (TPSA) is 0 Å². The van der Waals surface area contributed by atoms with Crippen LogP contribution in [0.5, 0.6) is 0 Å². The molecule has 28 heavy (non-hydrogen) atoms. The number of halogens is 4. The summed E-state index contributed by atoms with van der Waals surface area (Å²) in [5.41, 5.74) is 3.34. The van der Waals surface area contributed by atoms with E-state index in [4.69, 9.17) is 0 Å². The number of hydrogen-bond donors (Lipinski definition) is 0. The van der Waals surface area contributed by atoms with Gasteiger partial charge in [-0.3, -0.25) is 0 Å². The molecule has 0 N–H and O–H groups in total. The van der Waals surface area contributed by atoms with Crippen LogP contribution in [0.3, 0.4) is 0 Å². The Hall–Kier alpha value is -2.10. The summed E-state index contributed by atoms with van der Waals surface area (Å²) < 4.78 is 55.1. The third-order valence-corrected chi connectivity index (χ3v) is 6.50. The molecular formula is C24H24F4. The van der Waals surface area contributed by atoms with Gasteiger partial charge in [-0.15, -0.1) is 0 Å². The van der Waals surface area contributed by atoms with Gasteiger partial charge in [-0.25, -0.2) is 17.6 Å². The van der Waals surface area contributed by atoms with Gasteiger partial charge in [0.2, 0.25) is 0 Å². The Morgan fingerprint density at radius 1 is 0.821 bits per heavy atom. The summed E-state index contributed by atoms with van der Waals surface area (Å²) >= 11 is 0. The van der Waals surface area contributed by atoms with E-state index in [9.17, 15) is 17.6 Å². The molecule has 4 heteroatoms. The second-order valence-electron chi connectivity index (χ2n) is 8.13. The highest BCUT2D eigenvalue weighted by molar-refractivity contribution is 5.70. The molecule has 0 bridgehead atoms. The van der Waals surface area contributed by atoms with Gasteiger partial charge in [-0.2, -0.15) is 0 Å². The monoisotopic (exact) mass is 388 g/mol. The molecule has 0 amide bonds. The van der Waals surface area contributed by atoms with Crippen LogP contribution in [0, 0.1) is 35.1 Å². The SMILES string of the molecule is CCC1CCC(C2=Cc3cc(F)c(-c4cc(F)c(F)c(F)c4)cc3CC2)CC1. The summed E-state index contributed by atoms with van der Waals surface area (Å²) in [4.78, 5) is 0. The van der Waals surface area contributed by atoms with E-state index in [2.05, 4.69) is 13.0 Å². The molecule has 0 heterocycles. The van der Waals surface area contributed by atoms with Gasteiger partial charge in [0.25, 0.3) is 0 Å². The van der Waals surface area contributed by atoms with Crippen molar-refractivity contribution in [2.24, 2.45) is 11.8 Å². The predicted molar refractivity (Wildman–Crippen MR) is 104 cm³/mol. The zero-order chi connectivity index (χ0) is 19.8. The quantitative estimate of drug-likeness (QED) is 0.378. The van der Waals surface area contributed by atoms with Crippen molar-refractivity contribution in [2.45, 2.75) is 51.9 Å². The lowest BCUT2D eigenvalue weighted by atomic mass is 9.74. The summed E-state index contributed by atoms with van der Waals surface area (Å²) in [5.74, 6) is -3.28. The van der Waals surface area contributed by atoms with Crippen molar-refractivity contribution < 1.29 is 17.6 Å². The average Bonchev–Trinajstić information content (AvgIpc) is 2.70.